The molecule has 0 aliphatic heterocycles. The molecule has 0 bridgehead atoms. The molecule has 2 aromatic carbocycles. The van der Waals surface area contributed by atoms with E-state index in [0.29, 0.717) is 12.2 Å². The zero-order valence-corrected chi connectivity index (χ0v) is 11.5. The average molecular weight is 277 g/mol. The molecular formula is C18H15NO2. The second-order valence-corrected chi connectivity index (χ2v) is 4.85. The van der Waals surface area contributed by atoms with Crippen molar-refractivity contribution in [3.63, 3.8) is 0 Å². The van der Waals surface area contributed by atoms with Crippen LogP contribution in [0.5, 0.6) is 5.75 Å². The Bertz CT molecular complexity index is 753. The first-order chi connectivity index (χ1) is 10.3. The zero-order valence-electron chi connectivity index (χ0n) is 11.5. The lowest BCUT2D eigenvalue weighted by molar-refractivity contribution is -0.120. The molecule has 0 aliphatic rings. The minimum absolute atomic E-state index is 0.0577. The van der Waals surface area contributed by atoms with Crippen LogP contribution in [0.3, 0.4) is 0 Å². The summed E-state index contributed by atoms with van der Waals surface area (Å²) in [6.45, 7) is 0.0766. The molecule has 3 rings (SSSR count). The van der Waals surface area contributed by atoms with E-state index >= 15 is 0 Å². The molecule has 104 valence electrons. The lowest BCUT2D eigenvalue weighted by Gasteiger charge is -2.06. The van der Waals surface area contributed by atoms with Gasteiger partial charge in [-0.1, -0.05) is 36.4 Å². The Balaban J connectivity index is 1.62. The third kappa shape index (κ3) is 3.45. The number of ether oxygens (including phenoxy) is 1. The van der Waals surface area contributed by atoms with E-state index in [9.17, 15) is 4.79 Å². The van der Waals surface area contributed by atoms with E-state index < -0.39 is 0 Å². The van der Waals surface area contributed by atoms with Gasteiger partial charge in [-0.05, 0) is 23.8 Å². The Hall–Kier alpha value is -2.68. The first-order valence-electron chi connectivity index (χ1n) is 6.84. The summed E-state index contributed by atoms with van der Waals surface area (Å²) in [6, 6.07) is 19.2. The first-order valence-corrected chi connectivity index (χ1v) is 6.84. The molecule has 3 aromatic rings. The Morgan fingerprint density at radius 1 is 1.00 bits per heavy atom. The Kier molecular flexibility index (Phi) is 3.92. The molecule has 0 spiro atoms. The molecule has 0 saturated carbocycles. The topological polar surface area (TPSA) is 39.2 Å². The van der Waals surface area contributed by atoms with E-state index in [1.54, 1.807) is 6.20 Å². The molecule has 0 aliphatic carbocycles. The number of ketones is 1. The summed E-state index contributed by atoms with van der Waals surface area (Å²) in [6.07, 6.45) is 2.14. The predicted molar refractivity (Wildman–Crippen MR) is 82.4 cm³/mol. The van der Waals surface area contributed by atoms with Gasteiger partial charge in [-0.25, -0.2) is 0 Å². The van der Waals surface area contributed by atoms with Crippen molar-refractivity contribution in [2.45, 2.75) is 6.42 Å². The Labute approximate surface area is 123 Å². The third-order valence-electron chi connectivity index (χ3n) is 3.22. The number of hydrogen-bond donors (Lipinski definition) is 0. The summed E-state index contributed by atoms with van der Waals surface area (Å²) in [5.74, 6) is 0.727. The van der Waals surface area contributed by atoms with Gasteiger partial charge in [-0.15, -0.1) is 0 Å². The number of Topliss-reactive ketones (excluding diaryl/α,β-unsaturated/α-hetero) is 1. The molecule has 0 saturated heterocycles. The standard InChI is InChI=1S/C18H15NO2/c20-16(11-14-5-2-1-3-6-14)13-21-17-9-8-15-7-4-10-19-18(15)12-17/h1-10,12H,11,13H2. The van der Waals surface area contributed by atoms with E-state index in [2.05, 4.69) is 4.98 Å². The number of benzene rings is 2. The van der Waals surface area contributed by atoms with Gasteiger partial charge in [0.05, 0.1) is 5.52 Å². The molecule has 0 fully saturated rings. The highest BCUT2D eigenvalue weighted by atomic mass is 16.5. The quantitative estimate of drug-likeness (QED) is 0.717. The van der Waals surface area contributed by atoms with E-state index in [1.165, 1.54) is 0 Å². The van der Waals surface area contributed by atoms with Crippen LogP contribution in [0.25, 0.3) is 10.9 Å². The molecule has 0 unspecified atom stereocenters. The Morgan fingerprint density at radius 3 is 2.71 bits per heavy atom. The second-order valence-electron chi connectivity index (χ2n) is 4.85. The average Bonchev–Trinajstić information content (AvgIpc) is 2.54. The zero-order chi connectivity index (χ0) is 14.5. The van der Waals surface area contributed by atoms with Crippen molar-refractivity contribution in [1.29, 1.82) is 0 Å². The van der Waals surface area contributed by atoms with Crippen molar-refractivity contribution in [3.8, 4) is 5.75 Å². The van der Waals surface area contributed by atoms with Crippen molar-refractivity contribution in [2.24, 2.45) is 0 Å². The largest absolute Gasteiger partial charge is 0.486 e. The lowest BCUT2D eigenvalue weighted by atomic mass is 10.1. The van der Waals surface area contributed by atoms with Gasteiger partial charge in [0, 0.05) is 24.1 Å². The number of carbonyl (C=O) groups excluding carboxylic acids is 1. The van der Waals surface area contributed by atoms with Crippen LogP contribution in [-0.2, 0) is 11.2 Å². The fourth-order valence-electron chi connectivity index (χ4n) is 2.17. The van der Waals surface area contributed by atoms with E-state index in [4.69, 9.17) is 4.74 Å². The summed E-state index contributed by atoms with van der Waals surface area (Å²) in [4.78, 5) is 16.2. The smallest absolute Gasteiger partial charge is 0.174 e. The van der Waals surface area contributed by atoms with Gasteiger partial charge in [0.2, 0.25) is 0 Å². The highest BCUT2D eigenvalue weighted by Gasteiger charge is 2.05. The minimum atomic E-state index is 0.0577. The van der Waals surface area contributed by atoms with Crippen LogP contribution in [0.15, 0.2) is 66.9 Å². The third-order valence-corrected chi connectivity index (χ3v) is 3.22. The highest BCUT2D eigenvalue weighted by Crippen LogP contribution is 2.18. The number of hydrogen-bond acceptors (Lipinski definition) is 3. The fraction of sp³-hybridized carbons (Fsp3) is 0.111. The summed E-state index contributed by atoms with van der Waals surface area (Å²) >= 11 is 0. The van der Waals surface area contributed by atoms with Gasteiger partial charge in [0.15, 0.2) is 5.78 Å². The van der Waals surface area contributed by atoms with Crippen molar-refractivity contribution in [2.75, 3.05) is 6.61 Å². The summed E-state index contributed by atoms with van der Waals surface area (Å²) in [7, 11) is 0. The maximum absolute atomic E-state index is 11.9. The molecule has 0 amide bonds. The summed E-state index contributed by atoms with van der Waals surface area (Å²) in [5, 5.41) is 1.06. The minimum Gasteiger partial charge on any atom is -0.486 e. The van der Waals surface area contributed by atoms with Crippen molar-refractivity contribution < 1.29 is 9.53 Å². The SMILES string of the molecule is O=C(COc1ccc2cccnc2c1)Cc1ccccc1. The maximum atomic E-state index is 11.9. The molecular weight excluding hydrogens is 262 g/mol. The van der Waals surface area contributed by atoms with E-state index in [1.807, 2.05) is 60.7 Å². The van der Waals surface area contributed by atoms with Gasteiger partial charge in [0.1, 0.15) is 12.4 Å². The first kappa shape index (κ1) is 13.3. The van der Waals surface area contributed by atoms with Crippen LogP contribution in [0.1, 0.15) is 5.56 Å². The van der Waals surface area contributed by atoms with E-state index in [0.717, 1.165) is 16.5 Å². The highest BCUT2D eigenvalue weighted by molar-refractivity contribution is 5.83. The van der Waals surface area contributed by atoms with Gasteiger partial charge < -0.3 is 4.74 Å². The molecule has 0 atom stereocenters. The molecule has 3 nitrogen and oxygen atoms in total. The number of aromatic nitrogens is 1. The number of pyridine rings is 1. The Morgan fingerprint density at radius 2 is 1.86 bits per heavy atom. The van der Waals surface area contributed by atoms with Crippen LogP contribution in [-0.4, -0.2) is 17.4 Å². The van der Waals surface area contributed by atoms with Gasteiger partial charge in [-0.3, -0.25) is 9.78 Å². The van der Waals surface area contributed by atoms with Crippen LogP contribution >= 0.6 is 0 Å². The summed E-state index contributed by atoms with van der Waals surface area (Å²) in [5.41, 5.74) is 1.87. The molecule has 1 aromatic heterocycles. The monoisotopic (exact) mass is 277 g/mol. The van der Waals surface area contributed by atoms with Gasteiger partial charge in [-0.2, -0.15) is 0 Å². The second kappa shape index (κ2) is 6.18. The van der Waals surface area contributed by atoms with Crippen LogP contribution < -0.4 is 4.74 Å². The van der Waals surface area contributed by atoms with Crippen molar-refractivity contribution in [3.05, 3.63) is 72.4 Å². The number of rotatable bonds is 5. The molecule has 0 N–H and O–H groups in total. The van der Waals surface area contributed by atoms with E-state index in [-0.39, 0.29) is 12.4 Å². The molecule has 3 heteroatoms. The number of fused-ring (bicyclic) bond motifs is 1. The van der Waals surface area contributed by atoms with Gasteiger partial charge in [0.25, 0.3) is 0 Å². The normalized spacial score (nSPS) is 10.5. The lowest BCUT2D eigenvalue weighted by Crippen LogP contribution is -2.13. The molecule has 1 heterocycles. The van der Waals surface area contributed by atoms with Crippen molar-refractivity contribution in [1.82, 2.24) is 4.98 Å². The van der Waals surface area contributed by atoms with Crippen LogP contribution in [0.2, 0.25) is 0 Å². The van der Waals surface area contributed by atoms with Crippen LogP contribution in [0.4, 0.5) is 0 Å². The predicted octanol–water partition coefficient (Wildman–Crippen LogP) is 3.43. The number of carbonyl (C=O) groups is 1. The summed E-state index contributed by atoms with van der Waals surface area (Å²) < 4.78 is 5.56. The number of nitrogens with zero attached hydrogens (tertiary/aromatic N) is 1. The molecule has 0 radical (unpaired) electrons. The molecule has 21 heavy (non-hydrogen) atoms. The maximum Gasteiger partial charge on any atom is 0.174 e. The van der Waals surface area contributed by atoms with Gasteiger partial charge >= 0.3 is 0 Å². The van der Waals surface area contributed by atoms with Crippen LogP contribution in [0, 0.1) is 0 Å². The van der Waals surface area contributed by atoms with Crippen molar-refractivity contribution >= 4 is 16.7 Å². The fourth-order valence-corrected chi connectivity index (χ4v) is 2.17.